The second kappa shape index (κ2) is 9.20. The number of rotatable bonds is 5. The van der Waals surface area contributed by atoms with Crippen molar-refractivity contribution >= 4 is 35.1 Å². The van der Waals surface area contributed by atoms with Crippen LogP contribution < -0.4 is 9.80 Å². The number of methoxy groups -OCH3 is 2. The summed E-state index contributed by atoms with van der Waals surface area (Å²) in [5.41, 5.74) is 0.280. The fourth-order valence-corrected chi connectivity index (χ4v) is 5.73. The van der Waals surface area contributed by atoms with Gasteiger partial charge in [-0.15, -0.1) is 0 Å². The van der Waals surface area contributed by atoms with Gasteiger partial charge in [-0.05, 0) is 36.8 Å². The van der Waals surface area contributed by atoms with Crippen LogP contribution in [0.15, 0.2) is 84.9 Å². The topological polar surface area (TPSA) is 93.2 Å². The van der Waals surface area contributed by atoms with E-state index in [1.807, 2.05) is 31.2 Å². The average molecular weight is 499 g/mol. The largest absolute Gasteiger partial charge is 0.467 e. The summed E-state index contributed by atoms with van der Waals surface area (Å²) >= 11 is 0. The average Bonchev–Trinajstić information content (AvgIpc) is 3.39. The molecule has 2 saturated heterocycles. The molecule has 0 spiro atoms. The molecule has 0 radical (unpaired) electrons. The van der Waals surface area contributed by atoms with Crippen molar-refractivity contribution in [3.8, 4) is 0 Å². The zero-order chi connectivity index (χ0) is 26.3. The first-order valence-electron chi connectivity index (χ1n) is 11.9. The highest BCUT2D eigenvalue weighted by Gasteiger charge is 2.77. The van der Waals surface area contributed by atoms with Crippen molar-refractivity contribution in [3.63, 3.8) is 0 Å². The number of para-hydroxylation sites is 2. The monoisotopic (exact) mass is 498 g/mol. The summed E-state index contributed by atoms with van der Waals surface area (Å²) in [5.74, 6) is -5.54. The Balaban J connectivity index is 1.84. The van der Waals surface area contributed by atoms with Crippen LogP contribution in [0, 0.1) is 18.8 Å². The summed E-state index contributed by atoms with van der Waals surface area (Å²) in [6.45, 7) is 1.94. The van der Waals surface area contributed by atoms with Crippen molar-refractivity contribution in [3.05, 3.63) is 96.1 Å². The van der Waals surface area contributed by atoms with Crippen LogP contribution in [0.1, 0.15) is 17.2 Å². The van der Waals surface area contributed by atoms with Gasteiger partial charge in [0.2, 0.25) is 17.4 Å². The van der Waals surface area contributed by atoms with E-state index >= 15 is 0 Å². The summed E-state index contributed by atoms with van der Waals surface area (Å²) in [6.07, 6.45) is 0. The molecule has 2 heterocycles. The molecule has 8 nitrogen and oxygen atoms in total. The maximum absolute atomic E-state index is 14.1. The molecule has 0 saturated carbocycles. The van der Waals surface area contributed by atoms with E-state index in [-0.39, 0.29) is 0 Å². The lowest BCUT2D eigenvalue weighted by molar-refractivity contribution is -0.165. The molecule has 0 aliphatic carbocycles. The van der Waals surface area contributed by atoms with E-state index in [0.29, 0.717) is 16.9 Å². The Kier molecular flexibility index (Phi) is 6.03. The highest BCUT2D eigenvalue weighted by Crippen LogP contribution is 2.58. The Morgan fingerprint density at radius 1 is 0.730 bits per heavy atom. The fourth-order valence-electron chi connectivity index (χ4n) is 5.73. The van der Waals surface area contributed by atoms with E-state index in [1.165, 1.54) is 0 Å². The van der Waals surface area contributed by atoms with Crippen molar-refractivity contribution < 1.29 is 28.7 Å². The van der Waals surface area contributed by atoms with Crippen LogP contribution in [0.25, 0.3) is 0 Å². The number of hydrogen-bond donors (Lipinski definition) is 0. The Labute approximate surface area is 214 Å². The van der Waals surface area contributed by atoms with Gasteiger partial charge >= 0.3 is 11.9 Å². The summed E-state index contributed by atoms with van der Waals surface area (Å²) in [6, 6.07) is 23.9. The molecule has 3 aromatic carbocycles. The van der Waals surface area contributed by atoms with E-state index in [0.717, 1.165) is 24.7 Å². The SMILES string of the molecule is COC(=O)C1(C(=O)OC)[C@@H]2C(=O)N(c3ccccc3)C(=O)[C@@H]2[C@H](c2ccc(C)cc2)N1c1ccccc1. The van der Waals surface area contributed by atoms with Crippen LogP contribution in [0.3, 0.4) is 0 Å². The number of amides is 2. The van der Waals surface area contributed by atoms with Crippen molar-refractivity contribution in [2.45, 2.75) is 18.5 Å². The van der Waals surface area contributed by atoms with Crippen molar-refractivity contribution in [1.29, 1.82) is 0 Å². The first-order valence-corrected chi connectivity index (χ1v) is 11.9. The minimum absolute atomic E-state index is 0.365. The third-order valence-corrected chi connectivity index (χ3v) is 7.26. The van der Waals surface area contributed by atoms with E-state index in [1.54, 1.807) is 65.6 Å². The summed E-state index contributed by atoms with van der Waals surface area (Å²) in [7, 11) is 2.31. The van der Waals surface area contributed by atoms with Gasteiger partial charge in [0.1, 0.15) is 0 Å². The minimum atomic E-state index is -2.23. The number of benzene rings is 3. The Morgan fingerprint density at radius 3 is 1.76 bits per heavy atom. The number of fused-ring (bicyclic) bond motifs is 1. The van der Waals surface area contributed by atoms with Gasteiger partial charge < -0.3 is 14.4 Å². The van der Waals surface area contributed by atoms with E-state index < -0.39 is 47.2 Å². The second-order valence-corrected chi connectivity index (χ2v) is 9.16. The van der Waals surface area contributed by atoms with Gasteiger partial charge in [0.05, 0.1) is 37.8 Å². The number of ether oxygens (including phenoxy) is 2. The number of carbonyl (C=O) groups is 4. The molecule has 37 heavy (non-hydrogen) atoms. The predicted molar refractivity (Wildman–Crippen MR) is 136 cm³/mol. The lowest BCUT2D eigenvalue weighted by atomic mass is 9.79. The van der Waals surface area contributed by atoms with Gasteiger partial charge in [0, 0.05) is 5.69 Å². The Bertz CT molecular complexity index is 1340. The van der Waals surface area contributed by atoms with Crippen LogP contribution in [-0.4, -0.2) is 43.5 Å². The molecule has 2 aliphatic rings. The summed E-state index contributed by atoms with van der Waals surface area (Å²) in [5, 5.41) is 0. The smallest absolute Gasteiger partial charge is 0.344 e. The second-order valence-electron chi connectivity index (χ2n) is 9.16. The molecule has 2 amide bonds. The number of anilines is 2. The lowest BCUT2D eigenvalue weighted by Gasteiger charge is -2.40. The summed E-state index contributed by atoms with van der Waals surface area (Å²) < 4.78 is 10.4. The highest BCUT2D eigenvalue weighted by molar-refractivity contribution is 6.28. The third kappa shape index (κ3) is 3.43. The maximum Gasteiger partial charge on any atom is 0.344 e. The number of imide groups is 1. The summed E-state index contributed by atoms with van der Waals surface area (Å²) in [4.78, 5) is 58.3. The standard InChI is InChI=1S/C29H26N2O6/c1-18-14-16-19(17-15-18)24-22-23(26(33)30(25(22)32)20-10-6-4-7-11-20)29(27(34)36-2,28(35)37-3)31(24)21-12-8-5-9-13-21/h4-17,22-24H,1-3H3/t22-,23-,24-/m0/s1. The molecule has 0 aromatic heterocycles. The number of nitrogens with zero attached hydrogens (tertiary/aromatic N) is 2. The van der Waals surface area contributed by atoms with Gasteiger partial charge in [-0.1, -0.05) is 66.2 Å². The highest BCUT2D eigenvalue weighted by atomic mass is 16.5. The molecule has 2 fully saturated rings. The van der Waals surface area contributed by atoms with Gasteiger partial charge in [-0.2, -0.15) is 0 Å². The number of carbonyl (C=O) groups excluding carboxylic acids is 4. The molecule has 0 N–H and O–H groups in total. The molecule has 5 rings (SSSR count). The molecule has 8 heteroatoms. The van der Waals surface area contributed by atoms with Gasteiger partial charge in [0.15, 0.2) is 0 Å². The zero-order valence-corrected chi connectivity index (χ0v) is 20.7. The van der Waals surface area contributed by atoms with E-state index in [9.17, 15) is 19.2 Å². The van der Waals surface area contributed by atoms with Crippen molar-refractivity contribution in [2.75, 3.05) is 24.0 Å². The molecular weight excluding hydrogens is 472 g/mol. The van der Waals surface area contributed by atoms with Crippen LogP contribution in [0.4, 0.5) is 11.4 Å². The molecule has 3 atom stereocenters. The van der Waals surface area contributed by atoms with E-state index in [2.05, 4.69) is 0 Å². The number of esters is 2. The minimum Gasteiger partial charge on any atom is -0.467 e. The van der Waals surface area contributed by atoms with Crippen molar-refractivity contribution in [1.82, 2.24) is 0 Å². The molecular formula is C29H26N2O6. The first kappa shape index (κ1) is 24.2. The van der Waals surface area contributed by atoms with Gasteiger partial charge in [-0.25, -0.2) is 14.5 Å². The Morgan fingerprint density at radius 2 is 1.24 bits per heavy atom. The lowest BCUT2D eigenvalue weighted by Crippen LogP contribution is -2.64. The van der Waals surface area contributed by atoms with Crippen LogP contribution in [-0.2, 0) is 28.7 Å². The quantitative estimate of drug-likeness (QED) is 0.302. The van der Waals surface area contributed by atoms with Gasteiger partial charge in [0.25, 0.3) is 0 Å². The number of aryl methyl sites for hydroxylation is 1. The van der Waals surface area contributed by atoms with Crippen LogP contribution in [0.2, 0.25) is 0 Å². The maximum atomic E-state index is 14.1. The normalized spacial score (nSPS) is 22.1. The van der Waals surface area contributed by atoms with Gasteiger partial charge in [-0.3, -0.25) is 9.59 Å². The van der Waals surface area contributed by atoms with Crippen LogP contribution in [0.5, 0.6) is 0 Å². The molecule has 2 aliphatic heterocycles. The van der Waals surface area contributed by atoms with E-state index in [4.69, 9.17) is 9.47 Å². The molecule has 188 valence electrons. The predicted octanol–water partition coefficient (Wildman–Crippen LogP) is 3.45. The zero-order valence-electron chi connectivity index (χ0n) is 20.7. The van der Waals surface area contributed by atoms with Crippen LogP contribution >= 0.6 is 0 Å². The number of hydrogen-bond acceptors (Lipinski definition) is 7. The molecule has 0 bridgehead atoms. The van der Waals surface area contributed by atoms with Crippen molar-refractivity contribution in [2.24, 2.45) is 11.8 Å². The molecule has 3 aromatic rings. The fraction of sp³-hybridized carbons (Fsp3) is 0.241. The third-order valence-electron chi connectivity index (χ3n) is 7.26. The Hall–Kier alpha value is -4.46. The molecule has 0 unspecified atom stereocenters. The first-order chi connectivity index (χ1) is 17.9.